The number of fused-ring (bicyclic) bond motifs is 1. The smallest absolute Gasteiger partial charge is 0.179 e. The fraction of sp³-hybridized carbons (Fsp3) is 0.538. The zero-order valence-electron chi connectivity index (χ0n) is 10.7. The van der Waals surface area contributed by atoms with Gasteiger partial charge in [0.2, 0.25) is 0 Å². The third-order valence-electron chi connectivity index (χ3n) is 3.66. The van der Waals surface area contributed by atoms with Crippen molar-refractivity contribution in [2.75, 3.05) is 5.75 Å². The molecule has 0 fully saturated rings. The zero-order valence-corrected chi connectivity index (χ0v) is 11.5. The monoisotopic (exact) mass is 270 g/mol. The molecule has 1 aliphatic rings. The molecule has 2 atom stereocenters. The molecule has 0 saturated heterocycles. The minimum absolute atomic E-state index is 0.0706. The Labute approximate surface area is 107 Å². The highest BCUT2D eigenvalue weighted by atomic mass is 32.2. The molecule has 1 aliphatic heterocycles. The average Bonchev–Trinajstić information content (AvgIpc) is 2.29. The second-order valence-corrected chi connectivity index (χ2v) is 7.66. The van der Waals surface area contributed by atoms with Gasteiger partial charge < -0.3 is 10.2 Å². The first-order valence-corrected chi connectivity index (χ1v) is 7.54. The van der Waals surface area contributed by atoms with Crippen LogP contribution in [0.4, 0.5) is 0 Å². The number of hydrogen-bond donors (Lipinski definition) is 2. The Hall–Kier alpha value is -1.07. The molecular weight excluding hydrogens is 252 g/mol. The van der Waals surface area contributed by atoms with Crippen LogP contribution in [0.3, 0.4) is 0 Å². The van der Waals surface area contributed by atoms with E-state index in [1.54, 1.807) is 19.9 Å². The average molecular weight is 270 g/mol. The minimum atomic E-state index is -3.49. The van der Waals surface area contributed by atoms with E-state index in [0.717, 1.165) is 0 Å². The van der Waals surface area contributed by atoms with Crippen LogP contribution in [-0.2, 0) is 9.84 Å². The Morgan fingerprint density at radius 2 is 1.94 bits per heavy atom. The Morgan fingerprint density at radius 3 is 2.56 bits per heavy atom. The first kappa shape index (κ1) is 13.4. The van der Waals surface area contributed by atoms with Gasteiger partial charge in [0.1, 0.15) is 5.75 Å². The van der Waals surface area contributed by atoms with Crippen molar-refractivity contribution < 1.29 is 18.6 Å². The molecule has 2 N–H and O–H groups in total. The van der Waals surface area contributed by atoms with Crippen molar-refractivity contribution in [1.29, 1.82) is 0 Å². The molecule has 0 saturated carbocycles. The molecule has 0 aliphatic carbocycles. The van der Waals surface area contributed by atoms with E-state index in [2.05, 4.69) is 0 Å². The van der Waals surface area contributed by atoms with Gasteiger partial charge in [-0.2, -0.15) is 0 Å². The van der Waals surface area contributed by atoms with Gasteiger partial charge in [0.15, 0.2) is 9.84 Å². The maximum atomic E-state index is 12.3. The SMILES string of the molecule is C[C@@H]1c2ccc(O)cc2S(=O)(=O)CC(C)(C)C1O. The van der Waals surface area contributed by atoms with Crippen molar-refractivity contribution in [2.45, 2.75) is 37.7 Å². The standard InChI is InChI=1S/C13H18O4S/c1-8-10-5-4-9(14)6-11(10)18(16,17)7-13(2,3)12(8)15/h4-6,8,12,14-15H,7H2,1-3H3/t8-,12?/m1/s1. The second-order valence-electron chi connectivity index (χ2n) is 5.70. The van der Waals surface area contributed by atoms with Gasteiger partial charge in [-0.3, -0.25) is 0 Å². The predicted molar refractivity (Wildman–Crippen MR) is 68.4 cm³/mol. The van der Waals surface area contributed by atoms with Crippen molar-refractivity contribution in [3.05, 3.63) is 23.8 Å². The maximum absolute atomic E-state index is 12.3. The van der Waals surface area contributed by atoms with Gasteiger partial charge in [-0.15, -0.1) is 0 Å². The van der Waals surface area contributed by atoms with Gasteiger partial charge >= 0.3 is 0 Å². The summed E-state index contributed by atoms with van der Waals surface area (Å²) in [4.78, 5) is 0.139. The second kappa shape index (κ2) is 3.96. The minimum Gasteiger partial charge on any atom is -0.508 e. The van der Waals surface area contributed by atoms with Crippen molar-refractivity contribution in [3.8, 4) is 5.75 Å². The normalized spacial score (nSPS) is 29.3. The van der Waals surface area contributed by atoms with Gasteiger partial charge in [-0.25, -0.2) is 8.42 Å². The van der Waals surface area contributed by atoms with E-state index in [-0.39, 0.29) is 22.3 Å². The lowest BCUT2D eigenvalue weighted by molar-refractivity contribution is 0.0465. The summed E-state index contributed by atoms with van der Waals surface area (Å²) in [5.41, 5.74) is -0.141. The fourth-order valence-electron chi connectivity index (χ4n) is 2.67. The van der Waals surface area contributed by atoms with Crippen LogP contribution in [0.2, 0.25) is 0 Å². The molecular formula is C13H18O4S. The largest absolute Gasteiger partial charge is 0.508 e. The van der Waals surface area contributed by atoms with Crippen molar-refractivity contribution in [1.82, 2.24) is 0 Å². The van der Waals surface area contributed by atoms with E-state index in [9.17, 15) is 18.6 Å². The number of aliphatic hydroxyl groups is 1. The molecule has 0 radical (unpaired) electrons. The molecule has 0 amide bonds. The summed E-state index contributed by atoms with van der Waals surface area (Å²) in [5, 5.41) is 19.8. The van der Waals surface area contributed by atoms with Crippen LogP contribution in [-0.4, -0.2) is 30.5 Å². The summed E-state index contributed by atoms with van der Waals surface area (Å²) >= 11 is 0. The summed E-state index contributed by atoms with van der Waals surface area (Å²) in [6, 6.07) is 4.31. The van der Waals surface area contributed by atoms with E-state index in [4.69, 9.17) is 0 Å². The lowest BCUT2D eigenvalue weighted by Crippen LogP contribution is -2.36. The summed E-state index contributed by atoms with van der Waals surface area (Å²) < 4.78 is 24.7. The van der Waals surface area contributed by atoms with Crippen LogP contribution < -0.4 is 0 Å². The third kappa shape index (κ3) is 2.01. The summed E-state index contributed by atoms with van der Waals surface area (Å²) in [5.74, 6) is -0.478. The summed E-state index contributed by atoms with van der Waals surface area (Å²) in [7, 11) is -3.49. The van der Waals surface area contributed by atoms with E-state index in [0.29, 0.717) is 5.56 Å². The fourth-order valence-corrected chi connectivity index (χ4v) is 4.89. The molecule has 4 nitrogen and oxygen atoms in total. The number of sulfone groups is 1. The van der Waals surface area contributed by atoms with Crippen LogP contribution in [0.5, 0.6) is 5.75 Å². The molecule has 18 heavy (non-hydrogen) atoms. The Kier molecular flexibility index (Phi) is 2.94. The number of aliphatic hydroxyl groups excluding tert-OH is 1. The van der Waals surface area contributed by atoms with Gasteiger partial charge in [0.25, 0.3) is 0 Å². The maximum Gasteiger partial charge on any atom is 0.179 e. The molecule has 1 aromatic rings. The molecule has 100 valence electrons. The van der Waals surface area contributed by atoms with E-state index >= 15 is 0 Å². The quantitative estimate of drug-likeness (QED) is 0.752. The van der Waals surface area contributed by atoms with Crippen molar-refractivity contribution in [3.63, 3.8) is 0 Å². The van der Waals surface area contributed by atoms with Crippen molar-refractivity contribution in [2.24, 2.45) is 5.41 Å². The van der Waals surface area contributed by atoms with Crippen LogP contribution in [0, 0.1) is 5.41 Å². The van der Waals surface area contributed by atoms with E-state index in [1.165, 1.54) is 12.1 Å². The molecule has 1 unspecified atom stereocenters. The molecule has 0 aromatic heterocycles. The van der Waals surface area contributed by atoms with Gasteiger partial charge in [-0.1, -0.05) is 26.8 Å². The predicted octanol–water partition coefficient (Wildman–Crippen LogP) is 1.67. The van der Waals surface area contributed by atoms with Crippen molar-refractivity contribution >= 4 is 9.84 Å². The van der Waals surface area contributed by atoms with Gasteiger partial charge in [0, 0.05) is 11.3 Å². The lowest BCUT2D eigenvalue weighted by Gasteiger charge is -2.31. The summed E-state index contributed by atoms with van der Waals surface area (Å²) in [6.07, 6.45) is -0.738. The number of benzene rings is 1. The lowest BCUT2D eigenvalue weighted by atomic mass is 9.79. The van der Waals surface area contributed by atoms with E-state index < -0.39 is 21.4 Å². The number of aromatic hydroxyl groups is 1. The Morgan fingerprint density at radius 1 is 1.33 bits per heavy atom. The first-order valence-electron chi connectivity index (χ1n) is 5.89. The first-order chi connectivity index (χ1) is 8.15. The molecule has 5 heteroatoms. The van der Waals surface area contributed by atoms with E-state index in [1.807, 2.05) is 6.92 Å². The number of rotatable bonds is 0. The van der Waals surface area contributed by atoms with Gasteiger partial charge in [-0.05, 0) is 17.7 Å². The zero-order chi connectivity index (χ0) is 13.7. The third-order valence-corrected chi connectivity index (χ3v) is 5.81. The molecule has 1 heterocycles. The Bertz CT molecular complexity index is 575. The highest BCUT2D eigenvalue weighted by Gasteiger charge is 2.42. The number of phenols is 1. The molecule has 2 rings (SSSR count). The number of phenolic OH excluding ortho intramolecular Hbond substituents is 1. The topological polar surface area (TPSA) is 74.6 Å². The van der Waals surface area contributed by atoms with Crippen LogP contribution in [0.25, 0.3) is 0 Å². The molecule has 0 spiro atoms. The summed E-state index contributed by atoms with van der Waals surface area (Å²) in [6.45, 7) is 5.30. The molecule has 0 bridgehead atoms. The van der Waals surface area contributed by atoms with Crippen LogP contribution >= 0.6 is 0 Å². The highest BCUT2D eigenvalue weighted by molar-refractivity contribution is 7.91. The number of hydrogen-bond acceptors (Lipinski definition) is 4. The van der Waals surface area contributed by atoms with Gasteiger partial charge in [0.05, 0.1) is 16.8 Å². The highest BCUT2D eigenvalue weighted by Crippen LogP contribution is 2.41. The molecule has 1 aromatic carbocycles. The van der Waals surface area contributed by atoms with Crippen LogP contribution in [0.1, 0.15) is 32.3 Å². The Balaban J connectivity index is 2.73. The van der Waals surface area contributed by atoms with Crippen LogP contribution in [0.15, 0.2) is 23.1 Å².